The fraction of sp³-hybridized carbons (Fsp3) is 0.250. The number of carbonyl (C=O) groups is 2. The molecular formula is C28H28N4O5. The molecule has 37 heavy (non-hydrogen) atoms. The maximum atomic E-state index is 13.2. The topological polar surface area (TPSA) is 106 Å². The van der Waals surface area contributed by atoms with Gasteiger partial charge in [-0.1, -0.05) is 18.2 Å². The summed E-state index contributed by atoms with van der Waals surface area (Å²) in [6.45, 7) is 1.30. The van der Waals surface area contributed by atoms with Crippen molar-refractivity contribution in [3.8, 4) is 5.75 Å². The minimum absolute atomic E-state index is 0.101. The fourth-order valence-electron chi connectivity index (χ4n) is 4.51. The summed E-state index contributed by atoms with van der Waals surface area (Å²) in [5, 5.41) is 6.16. The molecule has 0 unspecified atom stereocenters. The number of nitrogens with one attached hydrogen (secondary N) is 2. The Bertz CT molecular complexity index is 1500. The molecule has 0 aliphatic carbocycles. The number of fused-ring (bicyclic) bond motifs is 1. The van der Waals surface area contributed by atoms with Gasteiger partial charge in [-0.15, -0.1) is 0 Å². The van der Waals surface area contributed by atoms with Gasteiger partial charge in [0, 0.05) is 30.5 Å². The molecule has 5 rings (SSSR count). The van der Waals surface area contributed by atoms with Crippen LogP contribution in [0.3, 0.4) is 0 Å². The Morgan fingerprint density at radius 2 is 1.76 bits per heavy atom. The average molecular weight is 501 g/mol. The number of amides is 2. The zero-order chi connectivity index (χ0) is 25.8. The number of anilines is 3. The summed E-state index contributed by atoms with van der Waals surface area (Å²) in [6.07, 6.45) is 3.05. The van der Waals surface area contributed by atoms with E-state index in [0.29, 0.717) is 46.9 Å². The monoisotopic (exact) mass is 500 g/mol. The van der Waals surface area contributed by atoms with Gasteiger partial charge < -0.3 is 24.7 Å². The van der Waals surface area contributed by atoms with Crippen LogP contribution in [0.4, 0.5) is 17.1 Å². The number of rotatable bonds is 7. The maximum absolute atomic E-state index is 13.2. The number of para-hydroxylation sites is 1. The molecule has 0 spiro atoms. The molecule has 0 saturated carbocycles. The molecule has 1 aliphatic rings. The molecule has 4 aromatic rings. The Morgan fingerprint density at radius 1 is 0.946 bits per heavy atom. The van der Waals surface area contributed by atoms with Gasteiger partial charge in [-0.3, -0.25) is 14.2 Å². The van der Waals surface area contributed by atoms with Crippen molar-refractivity contribution in [1.29, 1.82) is 0 Å². The first-order valence-electron chi connectivity index (χ1n) is 12.2. The second kappa shape index (κ2) is 10.6. The third kappa shape index (κ3) is 5.35. The molecule has 0 radical (unpaired) electrons. The van der Waals surface area contributed by atoms with E-state index in [0.717, 1.165) is 24.9 Å². The first-order chi connectivity index (χ1) is 18.0. The van der Waals surface area contributed by atoms with Gasteiger partial charge >= 0.3 is 5.76 Å². The van der Waals surface area contributed by atoms with E-state index < -0.39 is 5.76 Å². The van der Waals surface area contributed by atoms with E-state index in [1.165, 1.54) is 4.57 Å². The van der Waals surface area contributed by atoms with E-state index in [-0.39, 0.29) is 18.4 Å². The van der Waals surface area contributed by atoms with E-state index in [1.807, 2.05) is 36.4 Å². The van der Waals surface area contributed by atoms with Crippen LogP contribution in [0.1, 0.15) is 29.6 Å². The minimum Gasteiger partial charge on any atom is -0.497 e. The van der Waals surface area contributed by atoms with Crippen LogP contribution in [0, 0.1) is 0 Å². The van der Waals surface area contributed by atoms with E-state index in [4.69, 9.17) is 9.15 Å². The van der Waals surface area contributed by atoms with Gasteiger partial charge in [-0.2, -0.15) is 0 Å². The molecule has 0 bridgehead atoms. The molecule has 1 aliphatic heterocycles. The number of ether oxygens (including phenoxy) is 1. The highest BCUT2D eigenvalue weighted by molar-refractivity contribution is 6.09. The Kier molecular flexibility index (Phi) is 6.93. The summed E-state index contributed by atoms with van der Waals surface area (Å²) in [4.78, 5) is 40.3. The third-order valence-electron chi connectivity index (χ3n) is 6.45. The number of methoxy groups -OCH3 is 1. The predicted molar refractivity (Wildman–Crippen MR) is 142 cm³/mol. The van der Waals surface area contributed by atoms with Crippen molar-refractivity contribution in [3.05, 3.63) is 82.8 Å². The third-order valence-corrected chi connectivity index (χ3v) is 6.45. The molecule has 1 saturated heterocycles. The number of carbonyl (C=O) groups excluding carboxylic acids is 2. The largest absolute Gasteiger partial charge is 0.497 e. The number of oxazole rings is 1. The van der Waals surface area contributed by atoms with Crippen LogP contribution in [0.15, 0.2) is 75.9 Å². The van der Waals surface area contributed by atoms with Crippen molar-refractivity contribution in [2.75, 3.05) is 30.8 Å². The lowest BCUT2D eigenvalue weighted by Gasteiger charge is -2.26. The molecule has 2 N–H and O–H groups in total. The van der Waals surface area contributed by atoms with Crippen molar-refractivity contribution in [2.45, 2.75) is 25.8 Å². The number of likely N-dealkylation sites (tertiary alicyclic amines) is 1. The molecule has 9 nitrogen and oxygen atoms in total. The highest BCUT2D eigenvalue weighted by atomic mass is 16.5. The lowest BCUT2D eigenvalue weighted by molar-refractivity contribution is -0.132. The van der Waals surface area contributed by atoms with Gasteiger partial charge in [0.2, 0.25) is 5.91 Å². The lowest BCUT2D eigenvalue weighted by Crippen LogP contribution is -2.39. The number of aromatic nitrogens is 1. The normalized spacial score (nSPS) is 13.4. The molecule has 190 valence electrons. The van der Waals surface area contributed by atoms with Gasteiger partial charge in [-0.05, 0) is 61.7 Å². The summed E-state index contributed by atoms with van der Waals surface area (Å²) in [5.74, 6) is -0.342. The van der Waals surface area contributed by atoms with Gasteiger partial charge in [0.1, 0.15) is 12.3 Å². The quantitative estimate of drug-likeness (QED) is 0.384. The number of piperidine rings is 1. The van der Waals surface area contributed by atoms with E-state index >= 15 is 0 Å². The zero-order valence-corrected chi connectivity index (χ0v) is 20.5. The molecule has 9 heteroatoms. The lowest BCUT2D eigenvalue weighted by atomic mass is 10.1. The second-order valence-corrected chi connectivity index (χ2v) is 8.93. The highest BCUT2D eigenvalue weighted by Gasteiger charge is 2.20. The molecule has 1 aromatic heterocycles. The number of hydrogen-bond donors (Lipinski definition) is 2. The maximum Gasteiger partial charge on any atom is 0.420 e. The average Bonchev–Trinajstić information content (AvgIpc) is 3.23. The first-order valence-corrected chi connectivity index (χ1v) is 12.2. The van der Waals surface area contributed by atoms with Gasteiger partial charge in [0.25, 0.3) is 5.91 Å². The summed E-state index contributed by atoms with van der Waals surface area (Å²) < 4.78 is 11.9. The Balaban J connectivity index is 1.37. The highest BCUT2D eigenvalue weighted by Crippen LogP contribution is 2.26. The molecule has 3 aromatic carbocycles. The molecular weight excluding hydrogens is 472 g/mol. The van der Waals surface area contributed by atoms with Crippen LogP contribution >= 0.6 is 0 Å². The van der Waals surface area contributed by atoms with Gasteiger partial charge in [0.05, 0.1) is 23.9 Å². The second-order valence-electron chi connectivity index (χ2n) is 8.93. The van der Waals surface area contributed by atoms with Gasteiger partial charge in [-0.25, -0.2) is 4.79 Å². The van der Waals surface area contributed by atoms with Crippen LogP contribution in [-0.2, 0) is 11.3 Å². The Hall–Kier alpha value is -4.53. The number of nitrogens with zero attached hydrogens (tertiary/aromatic N) is 2. The van der Waals surface area contributed by atoms with Crippen LogP contribution in [0.2, 0.25) is 0 Å². The van der Waals surface area contributed by atoms with E-state index in [1.54, 1.807) is 42.3 Å². The fourth-order valence-corrected chi connectivity index (χ4v) is 4.51. The van der Waals surface area contributed by atoms with Crippen LogP contribution in [0.25, 0.3) is 11.1 Å². The van der Waals surface area contributed by atoms with Crippen molar-refractivity contribution >= 4 is 40.0 Å². The summed E-state index contributed by atoms with van der Waals surface area (Å²) in [5.41, 5.74) is 3.14. The smallest absolute Gasteiger partial charge is 0.420 e. The minimum atomic E-state index is -0.600. The van der Waals surface area contributed by atoms with E-state index in [2.05, 4.69) is 10.6 Å². The summed E-state index contributed by atoms with van der Waals surface area (Å²) >= 11 is 0. The Morgan fingerprint density at radius 3 is 2.57 bits per heavy atom. The zero-order valence-electron chi connectivity index (χ0n) is 20.5. The van der Waals surface area contributed by atoms with Crippen molar-refractivity contribution in [3.63, 3.8) is 0 Å². The predicted octanol–water partition coefficient (Wildman–Crippen LogP) is 4.61. The summed E-state index contributed by atoms with van der Waals surface area (Å²) in [6, 6.07) is 19.5. The number of benzene rings is 3. The first kappa shape index (κ1) is 24.2. The van der Waals surface area contributed by atoms with Crippen molar-refractivity contribution in [1.82, 2.24) is 9.47 Å². The standard InChI is InChI=1S/C28H28N4O5/c1-36-21-9-7-8-19(16-21)29-23-11-4-3-10-22(23)27(34)30-20-12-13-25-24(17-20)32(28(35)37-25)18-26(33)31-14-5-2-6-15-31/h3-4,7-13,16-17,29H,2,5-6,14-15,18H2,1H3,(H,30,34). The van der Waals surface area contributed by atoms with Gasteiger partial charge in [0.15, 0.2) is 5.58 Å². The van der Waals surface area contributed by atoms with E-state index in [9.17, 15) is 14.4 Å². The molecule has 2 amide bonds. The Labute approximate surface area is 213 Å². The summed E-state index contributed by atoms with van der Waals surface area (Å²) in [7, 11) is 1.60. The molecule has 0 atom stereocenters. The number of hydrogen-bond acceptors (Lipinski definition) is 6. The molecule has 2 heterocycles. The van der Waals surface area contributed by atoms with Crippen LogP contribution in [-0.4, -0.2) is 41.5 Å². The van der Waals surface area contributed by atoms with Crippen LogP contribution < -0.4 is 21.1 Å². The SMILES string of the molecule is COc1cccc(Nc2ccccc2C(=O)Nc2ccc3oc(=O)n(CC(=O)N4CCCCC4)c3c2)c1. The van der Waals surface area contributed by atoms with Crippen molar-refractivity contribution < 1.29 is 18.7 Å². The molecule has 1 fully saturated rings. The van der Waals surface area contributed by atoms with Crippen molar-refractivity contribution in [2.24, 2.45) is 0 Å². The van der Waals surface area contributed by atoms with Crippen LogP contribution in [0.5, 0.6) is 5.75 Å².